The average molecular weight is 357 g/mol. The average Bonchev–Trinajstić information content (AvgIpc) is 2.56. The number of hydrogen-bond acceptors (Lipinski definition) is 1. The Morgan fingerprint density at radius 2 is 0.640 bits per heavy atom. The maximum atomic E-state index is 8.72. The molecular formula is C23H50NO+. The van der Waals surface area contributed by atoms with Crippen LogP contribution < -0.4 is 0 Å². The van der Waals surface area contributed by atoms with Crippen molar-refractivity contribution in [3.05, 3.63) is 0 Å². The van der Waals surface area contributed by atoms with E-state index in [4.69, 9.17) is 5.11 Å². The maximum absolute atomic E-state index is 8.72. The summed E-state index contributed by atoms with van der Waals surface area (Å²) < 4.78 is 1.12. The van der Waals surface area contributed by atoms with Crippen molar-refractivity contribution in [3.63, 3.8) is 0 Å². The Labute approximate surface area is 160 Å². The van der Waals surface area contributed by atoms with Crippen LogP contribution in [0.3, 0.4) is 0 Å². The lowest BCUT2D eigenvalue weighted by Gasteiger charge is -2.23. The molecule has 152 valence electrons. The summed E-state index contributed by atoms with van der Waals surface area (Å²) in [4.78, 5) is 0. The predicted octanol–water partition coefficient (Wildman–Crippen LogP) is 6.71. The molecule has 0 saturated heterocycles. The number of aliphatic hydroxyl groups is 1. The number of rotatable bonds is 20. The van der Waals surface area contributed by atoms with Crippen LogP contribution in [-0.4, -0.2) is 43.9 Å². The zero-order valence-corrected chi connectivity index (χ0v) is 18.0. The van der Waals surface area contributed by atoms with Gasteiger partial charge < -0.3 is 9.59 Å². The fraction of sp³-hybridized carbons (Fsp3) is 1.00. The van der Waals surface area contributed by atoms with Crippen LogP contribution in [0.25, 0.3) is 0 Å². The lowest BCUT2D eigenvalue weighted by molar-refractivity contribution is -0.870. The van der Waals surface area contributed by atoms with Crippen molar-refractivity contribution in [1.82, 2.24) is 0 Å². The topological polar surface area (TPSA) is 20.2 Å². The van der Waals surface area contributed by atoms with Crippen molar-refractivity contribution >= 4 is 0 Å². The summed E-state index contributed by atoms with van der Waals surface area (Å²) in [6, 6.07) is 0. The third-order valence-corrected chi connectivity index (χ3v) is 5.24. The fourth-order valence-corrected chi connectivity index (χ4v) is 3.53. The third kappa shape index (κ3) is 23.9. The molecule has 0 fully saturated rings. The van der Waals surface area contributed by atoms with E-state index >= 15 is 0 Å². The molecule has 0 saturated carbocycles. The molecule has 0 aliphatic carbocycles. The Balaban J connectivity index is 3.01. The summed E-state index contributed by atoms with van der Waals surface area (Å²) in [7, 11) is 6.88. The second-order valence-electron chi connectivity index (χ2n) is 9.10. The molecule has 0 atom stereocenters. The maximum Gasteiger partial charge on any atom is 0.0780 e. The summed E-state index contributed by atoms with van der Waals surface area (Å²) >= 11 is 0. The Hall–Kier alpha value is -0.0800. The van der Waals surface area contributed by atoms with Gasteiger partial charge in [0.2, 0.25) is 0 Å². The minimum absolute atomic E-state index is 0.372. The van der Waals surface area contributed by atoms with Gasteiger partial charge in [0.1, 0.15) is 0 Å². The molecule has 0 spiro atoms. The fourth-order valence-electron chi connectivity index (χ4n) is 3.53. The van der Waals surface area contributed by atoms with Gasteiger partial charge in [0.05, 0.1) is 27.7 Å². The molecule has 0 aliphatic heterocycles. The summed E-state index contributed by atoms with van der Waals surface area (Å²) in [5.74, 6) is 0. The molecule has 0 bridgehead atoms. The first-order chi connectivity index (χ1) is 12.1. The Kier molecular flexibility index (Phi) is 18.6. The van der Waals surface area contributed by atoms with Gasteiger partial charge in [-0.1, -0.05) is 96.3 Å². The van der Waals surface area contributed by atoms with Gasteiger partial charge in [-0.3, -0.25) is 0 Å². The lowest BCUT2D eigenvalue weighted by Crippen LogP contribution is -2.35. The molecule has 0 heterocycles. The molecule has 0 rings (SSSR count). The van der Waals surface area contributed by atoms with Crippen molar-refractivity contribution in [1.29, 1.82) is 0 Å². The largest absolute Gasteiger partial charge is 0.396 e. The number of unbranched alkanes of at least 4 members (excludes halogenated alkanes) is 17. The second kappa shape index (κ2) is 18.7. The Morgan fingerprint density at radius 3 is 0.880 bits per heavy atom. The van der Waals surface area contributed by atoms with Gasteiger partial charge in [0.15, 0.2) is 0 Å². The van der Waals surface area contributed by atoms with Gasteiger partial charge in [-0.05, 0) is 19.3 Å². The molecule has 25 heavy (non-hydrogen) atoms. The van der Waals surface area contributed by atoms with E-state index in [1.807, 2.05) is 0 Å². The summed E-state index contributed by atoms with van der Waals surface area (Å²) in [6.45, 7) is 1.70. The first-order valence-corrected chi connectivity index (χ1v) is 11.5. The monoisotopic (exact) mass is 356 g/mol. The van der Waals surface area contributed by atoms with Gasteiger partial charge in [-0.15, -0.1) is 0 Å². The minimum atomic E-state index is 0.372. The van der Waals surface area contributed by atoms with Crippen molar-refractivity contribution in [2.45, 2.75) is 116 Å². The van der Waals surface area contributed by atoms with Crippen molar-refractivity contribution in [2.75, 3.05) is 34.3 Å². The molecule has 0 unspecified atom stereocenters. The lowest BCUT2D eigenvalue weighted by atomic mass is 10.0. The van der Waals surface area contributed by atoms with E-state index in [0.29, 0.717) is 6.61 Å². The molecule has 2 nitrogen and oxygen atoms in total. The molecule has 2 heteroatoms. The van der Waals surface area contributed by atoms with E-state index in [1.54, 1.807) is 0 Å². The summed E-state index contributed by atoms with van der Waals surface area (Å²) in [5, 5.41) is 8.72. The zero-order valence-electron chi connectivity index (χ0n) is 18.0. The molecule has 0 amide bonds. The van der Waals surface area contributed by atoms with Crippen molar-refractivity contribution in [3.8, 4) is 0 Å². The first kappa shape index (κ1) is 24.9. The SMILES string of the molecule is C[N+](C)(C)CCCCCCCCCCCCCCCCCCCCO. The van der Waals surface area contributed by atoms with E-state index in [-0.39, 0.29) is 0 Å². The molecular weight excluding hydrogens is 306 g/mol. The molecule has 0 aromatic heterocycles. The van der Waals surface area contributed by atoms with E-state index < -0.39 is 0 Å². The number of quaternary nitrogens is 1. The normalized spacial score (nSPS) is 12.0. The van der Waals surface area contributed by atoms with E-state index in [9.17, 15) is 0 Å². The van der Waals surface area contributed by atoms with Crippen LogP contribution in [0, 0.1) is 0 Å². The van der Waals surface area contributed by atoms with Gasteiger partial charge in [0, 0.05) is 6.61 Å². The van der Waals surface area contributed by atoms with E-state index in [1.165, 1.54) is 116 Å². The molecule has 0 aromatic rings. The number of hydrogen-bond donors (Lipinski definition) is 1. The van der Waals surface area contributed by atoms with Crippen LogP contribution in [0.5, 0.6) is 0 Å². The van der Waals surface area contributed by atoms with Gasteiger partial charge in [-0.2, -0.15) is 0 Å². The highest BCUT2D eigenvalue weighted by atomic mass is 16.2. The zero-order chi connectivity index (χ0) is 18.6. The molecule has 0 radical (unpaired) electrons. The van der Waals surface area contributed by atoms with Crippen LogP contribution in [-0.2, 0) is 0 Å². The Bertz CT molecular complexity index is 247. The van der Waals surface area contributed by atoms with Crippen LogP contribution in [0.15, 0.2) is 0 Å². The minimum Gasteiger partial charge on any atom is -0.396 e. The van der Waals surface area contributed by atoms with Gasteiger partial charge in [-0.25, -0.2) is 0 Å². The van der Waals surface area contributed by atoms with Crippen molar-refractivity contribution < 1.29 is 9.59 Å². The van der Waals surface area contributed by atoms with Crippen LogP contribution >= 0.6 is 0 Å². The van der Waals surface area contributed by atoms with E-state index in [0.717, 1.165) is 10.9 Å². The molecule has 0 aliphatic rings. The molecule has 1 N–H and O–H groups in total. The van der Waals surface area contributed by atoms with Crippen LogP contribution in [0.1, 0.15) is 116 Å². The van der Waals surface area contributed by atoms with Crippen LogP contribution in [0.2, 0.25) is 0 Å². The van der Waals surface area contributed by atoms with E-state index in [2.05, 4.69) is 21.1 Å². The first-order valence-electron chi connectivity index (χ1n) is 11.5. The van der Waals surface area contributed by atoms with Gasteiger partial charge >= 0.3 is 0 Å². The Morgan fingerprint density at radius 1 is 0.400 bits per heavy atom. The summed E-state index contributed by atoms with van der Waals surface area (Å²) in [6.07, 6.45) is 25.1. The highest BCUT2D eigenvalue weighted by Gasteiger charge is 2.04. The summed E-state index contributed by atoms with van der Waals surface area (Å²) in [5.41, 5.74) is 0. The standard InChI is InChI=1S/C23H50NO/c1-24(2,3)22-20-18-16-14-12-10-8-6-4-5-7-9-11-13-15-17-19-21-23-25/h25H,4-23H2,1-3H3/q+1. The second-order valence-corrected chi connectivity index (χ2v) is 9.10. The highest BCUT2D eigenvalue weighted by Crippen LogP contribution is 2.14. The smallest absolute Gasteiger partial charge is 0.0780 e. The molecule has 0 aromatic carbocycles. The van der Waals surface area contributed by atoms with Crippen molar-refractivity contribution in [2.24, 2.45) is 0 Å². The number of aliphatic hydroxyl groups excluding tert-OH is 1. The van der Waals surface area contributed by atoms with Gasteiger partial charge in [0.25, 0.3) is 0 Å². The third-order valence-electron chi connectivity index (χ3n) is 5.24. The predicted molar refractivity (Wildman–Crippen MR) is 113 cm³/mol. The highest BCUT2D eigenvalue weighted by molar-refractivity contribution is 4.50. The quantitative estimate of drug-likeness (QED) is 0.190. The van der Waals surface area contributed by atoms with Crippen LogP contribution in [0.4, 0.5) is 0 Å². The number of nitrogens with zero attached hydrogens (tertiary/aromatic N) is 1.